The van der Waals surface area contributed by atoms with Gasteiger partial charge < -0.3 is 9.26 Å². The second kappa shape index (κ2) is 4.06. The molecule has 1 aliphatic heterocycles. The summed E-state index contributed by atoms with van der Waals surface area (Å²) in [6.07, 6.45) is 3.13. The summed E-state index contributed by atoms with van der Waals surface area (Å²) in [5, 5.41) is 13.0. The van der Waals surface area contributed by atoms with E-state index in [1.807, 2.05) is 0 Å². The van der Waals surface area contributed by atoms with E-state index in [0.717, 1.165) is 19.4 Å². The van der Waals surface area contributed by atoms with Gasteiger partial charge in [-0.05, 0) is 18.3 Å². The van der Waals surface area contributed by atoms with Gasteiger partial charge in [-0.2, -0.15) is 10.2 Å². The predicted molar refractivity (Wildman–Crippen MR) is 62.6 cm³/mol. The van der Waals surface area contributed by atoms with Crippen LogP contribution in [0.5, 0.6) is 0 Å². The third kappa shape index (κ3) is 1.81. The maximum Gasteiger partial charge on any atom is 0.231 e. The highest BCUT2D eigenvalue weighted by atomic mass is 16.5. The summed E-state index contributed by atoms with van der Waals surface area (Å²) >= 11 is 0. The van der Waals surface area contributed by atoms with E-state index in [1.54, 1.807) is 0 Å². The van der Waals surface area contributed by atoms with Crippen molar-refractivity contribution in [3.05, 3.63) is 11.7 Å². The van der Waals surface area contributed by atoms with Crippen molar-refractivity contribution >= 4 is 0 Å². The second-order valence-electron chi connectivity index (χ2n) is 5.79. The molecule has 0 aromatic carbocycles. The fourth-order valence-corrected chi connectivity index (χ4v) is 2.83. The molecule has 2 fully saturated rings. The first kappa shape index (κ1) is 11.7. The van der Waals surface area contributed by atoms with Crippen LogP contribution in [0.2, 0.25) is 0 Å². The number of nitriles is 1. The normalized spacial score (nSPS) is 33.3. The van der Waals surface area contributed by atoms with Crippen LogP contribution in [0.1, 0.15) is 44.3 Å². The summed E-state index contributed by atoms with van der Waals surface area (Å²) in [6.45, 7) is 4.96. The third-order valence-corrected chi connectivity index (χ3v) is 4.15. The third-order valence-electron chi connectivity index (χ3n) is 4.15. The molecule has 3 atom stereocenters. The molecule has 96 valence electrons. The largest absolute Gasteiger partial charge is 0.378 e. The molecule has 0 spiro atoms. The zero-order valence-corrected chi connectivity index (χ0v) is 10.7. The highest BCUT2D eigenvalue weighted by molar-refractivity contribution is 5.26. The van der Waals surface area contributed by atoms with E-state index in [0.29, 0.717) is 18.1 Å². The number of aromatic nitrogens is 2. The van der Waals surface area contributed by atoms with Crippen molar-refractivity contribution in [2.24, 2.45) is 11.3 Å². The van der Waals surface area contributed by atoms with Gasteiger partial charge in [0.1, 0.15) is 0 Å². The van der Waals surface area contributed by atoms with Crippen molar-refractivity contribution in [1.29, 1.82) is 5.26 Å². The Morgan fingerprint density at radius 1 is 1.50 bits per heavy atom. The molecule has 0 radical (unpaired) electrons. The standard InChI is InChI=1S/C13H17N3O2/c1-13(2)9(7-14)11(13)12-15-10(16-18-12)6-8-4-3-5-17-8/h8-9,11H,3-6H2,1-2H3. The highest BCUT2D eigenvalue weighted by Gasteiger charge is 2.62. The van der Waals surface area contributed by atoms with Crippen molar-refractivity contribution in [3.63, 3.8) is 0 Å². The Morgan fingerprint density at radius 2 is 2.33 bits per heavy atom. The average Bonchev–Trinajstić information content (AvgIpc) is 2.80. The van der Waals surface area contributed by atoms with Gasteiger partial charge in [0.2, 0.25) is 5.89 Å². The van der Waals surface area contributed by atoms with Crippen LogP contribution >= 0.6 is 0 Å². The lowest BCUT2D eigenvalue weighted by Crippen LogP contribution is -2.09. The van der Waals surface area contributed by atoms with Crippen LogP contribution in [-0.4, -0.2) is 22.9 Å². The van der Waals surface area contributed by atoms with Crippen molar-refractivity contribution in [2.45, 2.75) is 45.1 Å². The van der Waals surface area contributed by atoms with Crippen LogP contribution in [0.3, 0.4) is 0 Å². The molecule has 5 heteroatoms. The van der Waals surface area contributed by atoms with Gasteiger partial charge in [0.25, 0.3) is 0 Å². The Labute approximate surface area is 106 Å². The maximum atomic E-state index is 9.05. The lowest BCUT2D eigenvalue weighted by molar-refractivity contribution is 0.109. The van der Waals surface area contributed by atoms with E-state index in [9.17, 15) is 0 Å². The average molecular weight is 247 g/mol. The van der Waals surface area contributed by atoms with Crippen LogP contribution in [-0.2, 0) is 11.2 Å². The minimum Gasteiger partial charge on any atom is -0.378 e. The topological polar surface area (TPSA) is 71.9 Å². The predicted octanol–water partition coefficient (Wildman–Crippen LogP) is 2.05. The van der Waals surface area contributed by atoms with Gasteiger partial charge in [-0.1, -0.05) is 19.0 Å². The Hall–Kier alpha value is -1.41. The fourth-order valence-electron chi connectivity index (χ4n) is 2.83. The Bertz CT molecular complexity index is 483. The van der Waals surface area contributed by atoms with Gasteiger partial charge in [-0.15, -0.1) is 0 Å². The molecule has 18 heavy (non-hydrogen) atoms. The number of nitrogens with zero attached hydrogens (tertiary/aromatic N) is 3. The van der Waals surface area contributed by atoms with E-state index >= 15 is 0 Å². The van der Waals surface area contributed by atoms with Crippen molar-refractivity contribution in [2.75, 3.05) is 6.61 Å². The Morgan fingerprint density at radius 3 is 2.94 bits per heavy atom. The number of hydrogen-bond donors (Lipinski definition) is 0. The monoisotopic (exact) mass is 247 g/mol. The molecule has 0 N–H and O–H groups in total. The van der Waals surface area contributed by atoms with Crippen LogP contribution in [0.4, 0.5) is 0 Å². The van der Waals surface area contributed by atoms with E-state index in [4.69, 9.17) is 14.5 Å². The molecule has 1 aliphatic carbocycles. The molecule has 1 aromatic heterocycles. The molecular weight excluding hydrogens is 230 g/mol. The SMILES string of the molecule is CC1(C)C(C#N)C1c1nc(CC2CCCO2)no1. The van der Waals surface area contributed by atoms with E-state index in [2.05, 4.69) is 30.1 Å². The zero-order valence-electron chi connectivity index (χ0n) is 10.7. The molecule has 0 amide bonds. The highest BCUT2D eigenvalue weighted by Crippen LogP contribution is 2.63. The first-order valence-corrected chi connectivity index (χ1v) is 6.46. The van der Waals surface area contributed by atoms with Gasteiger partial charge in [0, 0.05) is 13.0 Å². The summed E-state index contributed by atoms with van der Waals surface area (Å²) < 4.78 is 10.9. The lowest BCUT2D eigenvalue weighted by Gasteiger charge is -2.03. The van der Waals surface area contributed by atoms with Crippen molar-refractivity contribution in [3.8, 4) is 6.07 Å². The molecule has 2 aliphatic rings. The molecule has 5 nitrogen and oxygen atoms in total. The van der Waals surface area contributed by atoms with Crippen molar-refractivity contribution < 1.29 is 9.26 Å². The quantitative estimate of drug-likeness (QED) is 0.817. The minimum atomic E-state index is -0.0393. The van der Waals surface area contributed by atoms with Gasteiger partial charge in [-0.3, -0.25) is 0 Å². The number of hydrogen-bond acceptors (Lipinski definition) is 5. The van der Waals surface area contributed by atoms with Crippen LogP contribution in [0.25, 0.3) is 0 Å². The van der Waals surface area contributed by atoms with Crippen molar-refractivity contribution in [1.82, 2.24) is 10.1 Å². The van der Waals surface area contributed by atoms with E-state index < -0.39 is 0 Å². The number of ether oxygens (including phenoxy) is 1. The second-order valence-corrected chi connectivity index (χ2v) is 5.79. The molecule has 3 unspecified atom stereocenters. The maximum absolute atomic E-state index is 9.05. The molecule has 2 heterocycles. The molecule has 1 saturated carbocycles. The van der Waals surface area contributed by atoms with E-state index in [1.165, 1.54) is 0 Å². The minimum absolute atomic E-state index is 0.00599. The summed E-state index contributed by atoms with van der Waals surface area (Å²) in [7, 11) is 0. The first-order valence-electron chi connectivity index (χ1n) is 6.46. The lowest BCUT2D eigenvalue weighted by atomic mass is 10.1. The summed E-state index contributed by atoms with van der Waals surface area (Å²) in [6, 6.07) is 2.31. The summed E-state index contributed by atoms with van der Waals surface area (Å²) in [5.41, 5.74) is -0.0393. The van der Waals surface area contributed by atoms with Crippen LogP contribution in [0, 0.1) is 22.7 Å². The molecule has 1 aromatic rings. The Kier molecular flexibility index (Phi) is 2.63. The van der Waals surface area contributed by atoms with Gasteiger partial charge in [0.05, 0.1) is 24.0 Å². The molecule has 3 rings (SSSR count). The Balaban J connectivity index is 1.69. The van der Waals surface area contributed by atoms with Crippen LogP contribution < -0.4 is 0 Å². The molecule has 1 saturated heterocycles. The van der Waals surface area contributed by atoms with E-state index in [-0.39, 0.29) is 23.4 Å². The molecular formula is C13H17N3O2. The summed E-state index contributed by atoms with van der Waals surface area (Å²) in [5.74, 6) is 1.40. The number of rotatable bonds is 3. The van der Waals surface area contributed by atoms with Gasteiger partial charge in [-0.25, -0.2) is 0 Å². The summed E-state index contributed by atoms with van der Waals surface area (Å²) in [4.78, 5) is 4.42. The van der Waals surface area contributed by atoms with Gasteiger partial charge >= 0.3 is 0 Å². The molecule has 0 bridgehead atoms. The van der Waals surface area contributed by atoms with Crippen LogP contribution in [0.15, 0.2) is 4.52 Å². The fraction of sp³-hybridized carbons (Fsp3) is 0.769. The zero-order chi connectivity index (χ0) is 12.8. The smallest absolute Gasteiger partial charge is 0.231 e. The van der Waals surface area contributed by atoms with Gasteiger partial charge in [0.15, 0.2) is 5.82 Å². The first-order chi connectivity index (χ1) is 8.63.